The van der Waals surface area contributed by atoms with Gasteiger partial charge in [-0.2, -0.15) is 13.2 Å². The predicted octanol–water partition coefficient (Wildman–Crippen LogP) is 3.89. The second-order valence-corrected chi connectivity index (χ2v) is 12.2. The van der Waals surface area contributed by atoms with E-state index >= 15 is 0 Å². The molecule has 0 saturated carbocycles. The van der Waals surface area contributed by atoms with Gasteiger partial charge in [-0.25, -0.2) is 0 Å². The molecule has 2 N–H and O–H groups in total. The standard InChI is InChI=1S/C33H37F3N6O3/c1-41-29-12-9-21(14-27(29)39-40-41)17-38-31(43)30-15-22(13-20-7-10-24(45-2)11-8-20)19-42(30)32(44)28-16-23(18-37-28)25-5-3-4-6-26(25)33(34,35)36/h3-8,10-11,14,22-23,28,30,37H,9,12-13,15-19H2,1-2H3,(H,38,43). The van der Waals surface area contributed by atoms with E-state index in [9.17, 15) is 22.8 Å². The molecule has 6 rings (SSSR count). The Morgan fingerprint density at radius 3 is 2.62 bits per heavy atom. The molecule has 9 nitrogen and oxygen atoms in total. The van der Waals surface area contributed by atoms with Gasteiger partial charge >= 0.3 is 6.18 Å². The van der Waals surface area contributed by atoms with Crippen molar-refractivity contribution in [1.82, 2.24) is 30.5 Å². The Morgan fingerprint density at radius 1 is 1.09 bits per heavy atom. The molecule has 2 aromatic carbocycles. The molecule has 2 saturated heterocycles. The molecule has 4 atom stereocenters. The number of nitrogens with zero attached hydrogens (tertiary/aromatic N) is 4. The van der Waals surface area contributed by atoms with E-state index in [0.717, 1.165) is 47.2 Å². The summed E-state index contributed by atoms with van der Waals surface area (Å²) >= 11 is 0. The van der Waals surface area contributed by atoms with Gasteiger partial charge in [0.05, 0.1) is 24.4 Å². The lowest BCUT2D eigenvalue weighted by Crippen LogP contribution is -2.51. The van der Waals surface area contributed by atoms with Gasteiger partial charge < -0.3 is 20.3 Å². The van der Waals surface area contributed by atoms with Crippen LogP contribution >= 0.6 is 0 Å². The highest BCUT2D eigenvalue weighted by Crippen LogP contribution is 2.38. The molecule has 2 amide bonds. The highest BCUT2D eigenvalue weighted by molar-refractivity contribution is 5.91. The molecule has 4 unspecified atom stereocenters. The van der Waals surface area contributed by atoms with Gasteiger partial charge in [0.15, 0.2) is 0 Å². The Labute approximate surface area is 259 Å². The van der Waals surface area contributed by atoms with Crippen LogP contribution in [0.2, 0.25) is 0 Å². The van der Waals surface area contributed by atoms with Crippen molar-refractivity contribution in [3.8, 4) is 5.75 Å². The first-order chi connectivity index (χ1) is 21.6. The fraction of sp³-hybridized carbons (Fsp3) is 0.455. The lowest BCUT2D eigenvalue weighted by Gasteiger charge is -2.27. The second kappa shape index (κ2) is 12.7. The maximum absolute atomic E-state index is 14.0. The molecule has 1 aliphatic carbocycles. The molecular formula is C33H37F3N6O3. The molecule has 0 radical (unpaired) electrons. The molecular weight excluding hydrogens is 585 g/mol. The molecule has 238 valence electrons. The van der Waals surface area contributed by atoms with Crippen molar-refractivity contribution < 1.29 is 27.5 Å². The average Bonchev–Trinajstić information content (AvgIpc) is 3.79. The number of benzene rings is 2. The Morgan fingerprint density at radius 2 is 1.87 bits per heavy atom. The van der Waals surface area contributed by atoms with Crippen LogP contribution in [0.1, 0.15) is 53.3 Å². The molecule has 3 aliphatic rings. The van der Waals surface area contributed by atoms with Crippen molar-refractivity contribution in [1.29, 1.82) is 0 Å². The van der Waals surface area contributed by atoms with Crippen LogP contribution < -0.4 is 15.4 Å². The number of amides is 2. The Kier molecular flexibility index (Phi) is 8.67. The van der Waals surface area contributed by atoms with Crippen LogP contribution in [-0.2, 0) is 35.7 Å². The smallest absolute Gasteiger partial charge is 0.416 e. The van der Waals surface area contributed by atoms with Crippen LogP contribution in [0.3, 0.4) is 0 Å². The summed E-state index contributed by atoms with van der Waals surface area (Å²) in [7, 11) is 3.47. The number of rotatable bonds is 8. The molecule has 12 heteroatoms. The van der Waals surface area contributed by atoms with Crippen molar-refractivity contribution in [3.05, 3.63) is 82.2 Å². The summed E-state index contributed by atoms with van der Waals surface area (Å²) in [6.07, 6.45) is 0.430. The lowest BCUT2D eigenvalue weighted by atomic mass is 9.91. The van der Waals surface area contributed by atoms with Gasteiger partial charge in [0, 0.05) is 26.7 Å². The van der Waals surface area contributed by atoms with Gasteiger partial charge in [-0.1, -0.05) is 35.5 Å². The highest BCUT2D eigenvalue weighted by Gasteiger charge is 2.44. The zero-order chi connectivity index (χ0) is 31.7. The van der Waals surface area contributed by atoms with E-state index in [1.54, 1.807) is 22.8 Å². The molecule has 0 spiro atoms. The number of ether oxygens (including phenoxy) is 1. The number of aromatic nitrogens is 3. The average molecular weight is 623 g/mol. The number of alkyl halides is 3. The largest absolute Gasteiger partial charge is 0.497 e. The molecule has 0 bridgehead atoms. The number of hydrogen-bond acceptors (Lipinski definition) is 6. The van der Waals surface area contributed by atoms with Gasteiger partial charge in [-0.3, -0.25) is 14.3 Å². The summed E-state index contributed by atoms with van der Waals surface area (Å²) in [4.78, 5) is 29.3. The van der Waals surface area contributed by atoms with Crippen molar-refractivity contribution in [2.75, 3.05) is 26.7 Å². The van der Waals surface area contributed by atoms with Crippen LogP contribution in [0.15, 0.2) is 54.1 Å². The minimum absolute atomic E-state index is 0.0392. The van der Waals surface area contributed by atoms with E-state index in [4.69, 9.17) is 4.74 Å². The van der Waals surface area contributed by atoms with Crippen molar-refractivity contribution >= 4 is 17.9 Å². The second-order valence-electron chi connectivity index (χ2n) is 12.2. The van der Waals surface area contributed by atoms with Gasteiger partial charge in [0.2, 0.25) is 11.8 Å². The topological polar surface area (TPSA) is 101 Å². The van der Waals surface area contributed by atoms with Gasteiger partial charge in [-0.15, -0.1) is 5.10 Å². The van der Waals surface area contributed by atoms with Crippen LogP contribution in [0.25, 0.3) is 6.08 Å². The first kappa shape index (κ1) is 30.8. The quantitative estimate of drug-likeness (QED) is 0.396. The minimum Gasteiger partial charge on any atom is -0.497 e. The summed E-state index contributed by atoms with van der Waals surface area (Å²) < 4.78 is 48.2. The third kappa shape index (κ3) is 6.61. The van der Waals surface area contributed by atoms with Gasteiger partial charge in [-0.05, 0) is 84.9 Å². The van der Waals surface area contributed by atoms with Crippen molar-refractivity contribution in [3.63, 3.8) is 0 Å². The van der Waals surface area contributed by atoms with E-state index in [1.807, 2.05) is 37.4 Å². The Balaban J connectivity index is 1.17. The summed E-state index contributed by atoms with van der Waals surface area (Å²) in [6, 6.07) is 11.9. The number of carbonyl (C=O) groups excluding carboxylic acids is 2. The Bertz CT molecular complexity index is 1580. The Hall–Kier alpha value is -4.19. The maximum atomic E-state index is 14.0. The van der Waals surface area contributed by atoms with Crippen molar-refractivity contribution in [2.24, 2.45) is 13.0 Å². The maximum Gasteiger partial charge on any atom is 0.416 e. The van der Waals surface area contributed by atoms with E-state index in [1.165, 1.54) is 12.1 Å². The third-order valence-corrected chi connectivity index (χ3v) is 9.28. The lowest BCUT2D eigenvalue weighted by molar-refractivity contribution is -0.139. The molecule has 1 aromatic heterocycles. The predicted molar refractivity (Wildman–Crippen MR) is 161 cm³/mol. The zero-order valence-corrected chi connectivity index (χ0v) is 25.3. The number of likely N-dealkylation sites (tertiary alicyclic amines) is 1. The van der Waals surface area contributed by atoms with Crippen LogP contribution in [0.5, 0.6) is 5.75 Å². The summed E-state index contributed by atoms with van der Waals surface area (Å²) in [5, 5.41) is 14.5. The normalized spacial score (nSPS) is 23.0. The van der Waals surface area contributed by atoms with Crippen LogP contribution in [-0.4, -0.2) is 70.5 Å². The van der Waals surface area contributed by atoms with Gasteiger partial charge in [0.1, 0.15) is 17.5 Å². The molecule has 3 aromatic rings. The third-order valence-electron chi connectivity index (χ3n) is 9.28. The van der Waals surface area contributed by atoms with E-state index in [2.05, 4.69) is 20.9 Å². The SMILES string of the molecule is COc1ccc(CC2CC(C(=O)NCC3=Cc4nnn(C)c4CC3)N(C(=O)C3CC(c4ccccc4C(F)(F)F)CN3)C2)cc1. The van der Waals surface area contributed by atoms with Crippen LogP contribution in [0, 0.1) is 5.92 Å². The first-order valence-corrected chi connectivity index (χ1v) is 15.3. The summed E-state index contributed by atoms with van der Waals surface area (Å²) in [5.74, 6) is -0.161. The van der Waals surface area contributed by atoms with Crippen LogP contribution in [0.4, 0.5) is 13.2 Å². The fourth-order valence-electron chi connectivity index (χ4n) is 6.93. The number of fused-ring (bicyclic) bond motifs is 1. The monoisotopic (exact) mass is 622 g/mol. The zero-order valence-electron chi connectivity index (χ0n) is 25.3. The van der Waals surface area contributed by atoms with E-state index in [0.29, 0.717) is 25.9 Å². The minimum atomic E-state index is -4.48. The number of methoxy groups -OCH3 is 1. The number of aryl methyl sites for hydroxylation is 1. The van der Waals surface area contributed by atoms with E-state index in [-0.39, 0.29) is 36.3 Å². The first-order valence-electron chi connectivity index (χ1n) is 15.3. The molecule has 2 fully saturated rings. The van der Waals surface area contributed by atoms with E-state index < -0.39 is 29.7 Å². The summed E-state index contributed by atoms with van der Waals surface area (Å²) in [6.45, 7) is 0.979. The number of hydrogen-bond donors (Lipinski definition) is 2. The number of halogens is 3. The fourth-order valence-corrected chi connectivity index (χ4v) is 6.93. The number of nitrogens with one attached hydrogen (secondary N) is 2. The molecule has 3 heterocycles. The van der Waals surface area contributed by atoms with Crippen molar-refractivity contribution in [2.45, 2.75) is 56.3 Å². The highest BCUT2D eigenvalue weighted by atomic mass is 19.4. The molecule has 2 aliphatic heterocycles. The molecule has 45 heavy (non-hydrogen) atoms. The summed E-state index contributed by atoms with van der Waals surface area (Å²) in [5.41, 5.74) is 3.48. The van der Waals surface area contributed by atoms with Gasteiger partial charge in [0.25, 0.3) is 0 Å². The number of carbonyl (C=O) groups is 2.